The van der Waals surface area contributed by atoms with E-state index in [1.165, 1.54) is 6.07 Å². The molecule has 0 aliphatic rings. The molecular weight excluding hydrogens is 253 g/mol. The highest BCUT2D eigenvalue weighted by Gasteiger charge is 2.21. The molecule has 0 aliphatic carbocycles. The third-order valence-electron chi connectivity index (χ3n) is 3.01. The molecule has 0 bridgehead atoms. The van der Waals surface area contributed by atoms with Crippen LogP contribution in [0, 0.1) is 5.82 Å². The molecule has 0 heterocycles. The summed E-state index contributed by atoms with van der Waals surface area (Å²) in [6, 6.07) is 7.06. The van der Waals surface area contributed by atoms with Crippen LogP contribution in [0.15, 0.2) is 29.3 Å². The Kier molecular flexibility index (Phi) is 5.99. The highest BCUT2D eigenvalue weighted by Crippen LogP contribution is 2.24. The molecule has 0 radical (unpaired) electrons. The zero-order valence-corrected chi connectivity index (χ0v) is 13.1. The number of benzene rings is 1. The van der Waals surface area contributed by atoms with Gasteiger partial charge in [0.1, 0.15) is 5.82 Å². The molecule has 0 fully saturated rings. The quantitative estimate of drug-likeness (QED) is 0.642. The summed E-state index contributed by atoms with van der Waals surface area (Å²) < 4.78 is 13.3. The van der Waals surface area contributed by atoms with Crippen molar-refractivity contribution in [1.29, 1.82) is 0 Å². The molecule has 0 aliphatic heterocycles. The van der Waals surface area contributed by atoms with E-state index in [4.69, 9.17) is 0 Å². The lowest BCUT2D eigenvalue weighted by Crippen LogP contribution is -2.41. The molecule has 1 aromatic carbocycles. The van der Waals surface area contributed by atoms with Crippen molar-refractivity contribution in [2.75, 3.05) is 13.1 Å². The van der Waals surface area contributed by atoms with Gasteiger partial charge in [0.25, 0.3) is 0 Å². The van der Waals surface area contributed by atoms with Gasteiger partial charge >= 0.3 is 0 Å². The van der Waals surface area contributed by atoms with Gasteiger partial charge in [0, 0.05) is 18.0 Å². The molecule has 3 nitrogen and oxygen atoms in total. The van der Waals surface area contributed by atoms with Gasteiger partial charge in [0.2, 0.25) is 0 Å². The lowest BCUT2D eigenvalue weighted by atomic mass is 9.85. The highest BCUT2D eigenvalue weighted by atomic mass is 19.1. The first-order chi connectivity index (χ1) is 9.35. The van der Waals surface area contributed by atoms with Crippen molar-refractivity contribution in [1.82, 2.24) is 10.6 Å². The number of guanidine groups is 1. The molecule has 1 rings (SSSR count). The summed E-state index contributed by atoms with van der Waals surface area (Å²) in [6.07, 6.45) is 0. The summed E-state index contributed by atoms with van der Waals surface area (Å²) >= 11 is 0. The largest absolute Gasteiger partial charge is 0.357 e. The number of hydrogen-bond donors (Lipinski definition) is 2. The number of rotatable bonds is 5. The second-order valence-corrected chi connectivity index (χ2v) is 5.89. The highest BCUT2D eigenvalue weighted by molar-refractivity contribution is 5.80. The maximum absolute atomic E-state index is 13.3. The summed E-state index contributed by atoms with van der Waals surface area (Å²) in [5.41, 5.74) is 0.753. The molecule has 0 amide bonds. The lowest BCUT2D eigenvalue weighted by Gasteiger charge is -2.24. The zero-order valence-electron chi connectivity index (χ0n) is 13.1. The van der Waals surface area contributed by atoms with Crippen molar-refractivity contribution in [3.8, 4) is 0 Å². The fourth-order valence-electron chi connectivity index (χ4n) is 1.87. The fraction of sp³-hybridized carbons (Fsp3) is 0.562. The minimum Gasteiger partial charge on any atom is -0.357 e. The molecule has 0 aromatic heterocycles. The molecular formula is C16H26FN3. The van der Waals surface area contributed by atoms with Gasteiger partial charge in [-0.05, 0) is 38.5 Å². The molecule has 0 spiro atoms. The Morgan fingerprint density at radius 3 is 2.60 bits per heavy atom. The molecule has 4 heteroatoms. The van der Waals surface area contributed by atoms with Crippen molar-refractivity contribution in [2.45, 2.75) is 46.1 Å². The predicted octanol–water partition coefficient (Wildman–Crippen LogP) is 3.07. The van der Waals surface area contributed by atoms with Gasteiger partial charge in [-0.25, -0.2) is 4.39 Å². The third kappa shape index (κ3) is 5.19. The summed E-state index contributed by atoms with van der Waals surface area (Å²) in [4.78, 5) is 4.60. The van der Waals surface area contributed by atoms with Crippen LogP contribution in [0.25, 0.3) is 0 Å². The van der Waals surface area contributed by atoms with Crippen LogP contribution in [0.4, 0.5) is 4.39 Å². The van der Waals surface area contributed by atoms with E-state index in [9.17, 15) is 4.39 Å². The van der Waals surface area contributed by atoms with Crippen molar-refractivity contribution < 1.29 is 4.39 Å². The van der Waals surface area contributed by atoms with E-state index >= 15 is 0 Å². The Bertz CT molecular complexity index is 453. The topological polar surface area (TPSA) is 36.4 Å². The van der Waals surface area contributed by atoms with Crippen LogP contribution in [0.1, 0.15) is 40.2 Å². The molecule has 112 valence electrons. The number of hydrogen-bond acceptors (Lipinski definition) is 1. The van der Waals surface area contributed by atoms with E-state index in [0.29, 0.717) is 12.6 Å². The predicted molar refractivity (Wildman–Crippen MR) is 83.7 cm³/mol. The summed E-state index contributed by atoms with van der Waals surface area (Å²) in [5, 5.41) is 6.50. The van der Waals surface area contributed by atoms with E-state index in [2.05, 4.69) is 43.3 Å². The van der Waals surface area contributed by atoms with Crippen LogP contribution in [0.5, 0.6) is 0 Å². The van der Waals surface area contributed by atoms with E-state index in [1.807, 2.05) is 13.0 Å². The molecule has 0 atom stereocenters. The van der Waals surface area contributed by atoms with Crippen molar-refractivity contribution in [3.05, 3.63) is 35.6 Å². The van der Waals surface area contributed by atoms with E-state index < -0.39 is 0 Å². The fourth-order valence-corrected chi connectivity index (χ4v) is 1.87. The van der Waals surface area contributed by atoms with Crippen LogP contribution in [-0.2, 0) is 5.41 Å². The Hall–Kier alpha value is -1.58. The van der Waals surface area contributed by atoms with Gasteiger partial charge in [-0.3, -0.25) is 4.99 Å². The first-order valence-corrected chi connectivity index (χ1v) is 7.16. The molecule has 20 heavy (non-hydrogen) atoms. The van der Waals surface area contributed by atoms with Crippen LogP contribution >= 0.6 is 0 Å². The van der Waals surface area contributed by atoms with E-state index in [-0.39, 0.29) is 11.2 Å². The van der Waals surface area contributed by atoms with Gasteiger partial charge in [0.15, 0.2) is 5.96 Å². The zero-order chi connectivity index (χ0) is 15.2. The number of nitrogens with zero attached hydrogens (tertiary/aromatic N) is 1. The number of aliphatic imine (C=N–C) groups is 1. The summed E-state index contributed by atoms with van der Waals surface area (Å²) in [6.45, 7) is 11.7. The van der Waals surface area contributed by atoms with Gasteiger partial charge in [-0.15, -0.1) is 0 Å². The number of halogens is 1. The van der Waals surface area contributed by atoms with Gasteiger partial charge in [0.05, 0.1) is 6.54 Å². The minimum atomic E-state index is -0.207. The van der Waals surface area contributed by atoms with Gasteiger partial charge in [-0.2, -0.15) is 0 Å². The molecule has 0 saturated carbocycles. The SMILES string of the molecule is CCNC(=NCC(C)(C)c1cccc(F)c1)NC(C)C. The summed E-state index contributed by atoms with van der Waals surface area (Å²) in [5.74, 6) is 0.596. The smallest absolute Gasteiger partial charge is 0.191 e. The Morgan fingerprint density at radius 1 is 1.35 bits per heavy atom. The first kappa shape index (κ1) is 16.5. The molecule has 1 aromatic rings. The van der Waals surface area contributed by atoms with Crippen molar-refractivity contribution in [2.24, 2.45) is 4.99 Å². The van der Waals surface area contributed by atoms with Crippen LogP contribution in [0.3, 0.4) is 0 Å². The number of nitrogens with one attached hydrogen (secondary N) is 2. The lowest BCUT2D eigenvalue weighted by molar-refractivity contribution is 0.528. The third-order valence-corrected chi connectivity index (χ3v) is 3.01. The molecule has 0 saturated heterocycles. The Morgan fingerprint density at radius 2 is 2.05 bits per heavy atom. The second-order valence-electron chi connectivity index (χ2n) is 5.89. The Labute approximate surface area is 121 Å². The monoisotopic (exact) mass is 279 g/mol. The maximum atomic E-state index is 13.3. The van der Waals surface area contributed by atoms with Crippen LogP contribution in [0.2, 0.25) is 0 Å². The average molecular weight is 279 g/mol. The van der Waals surface area contributed by atoms with Gasteiger partial charge in [-0.1, -0.05) is 26.0 Å². The minimum absolute atomic E-state index is 0.202. The van der Waals surface area contributed by atoms with Crippen LogP contribution in [-0.4, -0.2) is 25.1 Å². The Balaban J connectivity index is 2.82. The average Bonchev–Trinajstić information content (AvgIpc) is 2.36. The first-order valence-electron chi connectivity index (χ1n) is 7.16. The molecule has 2 N–H and O–H groups in total. The maximum Gasteiger partial charge on any atom is 0.191 e. The van der Waals surface area contributed by atoms with E-state index in [1.54, 1.807) is 12.1 Å². The summed E-state index contributed by atoms with van der Waals surface area (Å²) in [7, 11) is 0. The molecule has 0 unspecified atom stereocenters. The van der Waals surface area contributed by atoms with E-state index in [0.717, 1.165) is 18.1 Å². The van der Waals surface area contributed by atoms with Crippen molar-refractivity contribution in [3.63, 3.8) is 0 Å². The standard InChI is InChI=1S/C16H26FN3/c1-6-18-15(20-12(2)3)19-11-16(4,5)13-8-7-9-14(17)10-13/h7-10,12H,6,11H2,1-5H3,(H2,18,19,20). The normalized spacial score (nSPS) is 12.7. The van der Waals surface area contributed by atoms with Gasteiger partial charge < -0.3 is 10.6 Å². The van der Waals surface area contributed by atoms with Crippen molar-refractivity contribution >= 4 is 5.96 Å². The van der Waals surface area contributed by atoms with Crippen LogP contribution < -0.4 is 10.6 Å². The second kappa shape index (κ2) is 7.27.